The van der Waals surface area contributed by atoms with E-state index in [1.54, 1.807) is 12.1 Å². The Kier molecular flexibility index (Phi) is 7.82. The van der Waals surface area contributed by atoms with Crippen LogP contribution in [0.1, 0.15) is 45.6 Å². The quantitative estimate of drug-likeness (QED) is 0.727. The number of ether oxygens (including phenoxy) is 1. The van der Waals surface area contributed by atoms with Crippen LogP contribution in [0.15, 0.2) is 30.3 Å². The molecule has 0 saturated carbocycles. The predicted molar refractivity (Wildman–Crippen MR) is 87.9 cm³/mol. The molecule has 0 unspecified atom stereocenters. The minimum atomic E-state index is -2.57. The molecule has 0 saturated heterocycles. The van der Waals surface area contributed by atoms with Crippen molar-refractivity contribution >= 4 is 11.9 Å². The first-order valence-corrected chi connectivity index (χ1v) is 8.04. The van der Waals surface area contributed by atoms with Crippen molar-refractivity contribution in [2.45, 2.75) is 59.1 Å². The molecule has 0 aliphatic carbocycles. The fraction of sp³-hybridized carbons (Fsp3) is 0.556. The maximum absolute atomic E-state index is 13.3. The average Bonchev–Trinajstić information content (AvgIpc) is 2.53. The smallest absolute Gasteiger partial charge is 0.408 e. The molecule has 1 rings (SSSR count). The molecule has 0 heterocycles. The zero-order chi connectivity index (χ0) is 18.2. The van der Waals surface area contributed by atoms with Crippen LogP contribution in [0.3, 0.4) is 0 Å². The lowest BCUT2D eigenvalue weighted by atomic mass is 9.79. The first-order chi connectivity index (χ1) is 11.3. The number of halogens is 2. The number of alkyl halides is 2. The van der Waals surface area contributed by atoms with E-state index >= 15 is 0 Å². The fourth-order valence-corrected chi connectivity index (χ4v) is 2.54. The Bertz CT molecular complexity index is 536. The Balaban J connectivity index is 2.64. The zero-order valence-electron chi connectivity index (χ0n) is 14.4. The Labute approximate surface area is 141 Å². The van der Waals surface area contributed by atoms with Crippen LogP contribution >= 0.6 is 0 Å². The van der Waals surface area contributed by atoms with Crippen molar-refractivity contribution < 1.29 is 23.1 Å². The van der Waals surface area contributed by atoms with E-state index in [9.17, 15) is 18.4 Å². The van der Waals surface area contributed by atoms with Gasteiger partial charge in [0, 0.05) is 5.41 Å². The number of hydrogen-bond acceptors (Lipinski definition) is 3. The lowest BCUT2D eigenvalue weighted by Crippen LogP contribution is -2.45. The molecule has 1 N–H and O–H groups in total. The average molecular weight is 341 g/mol. The highest BCUT2D eigenvalue weighted by Gasteiger charge is 2.38. The molecule has 2 atom stereocenters. The van der Waals surface area contributed by atoms with E-state index in [-0.39, 0.29) is 25.2 Å². The summed E-state index contributed by atoms with van der Waals surface area (Å²) < 4.78 is 31.7. The Morgan fingerprint density at radius 2 is 1.88 bits per heavy atom. The number of rotatable bonds is 9. The third-order valence-electron chi connectivity index (χ3n) is 4.01. The van der Waals surface area contributed by atoms with Gasteiger partial charge < -0.3 is 10.1 Å². The van der Waals surface area contributed by atoms with Crippen LogP contribution < -0.4 is 5.32 Å². The maximum atomic E-state index is 13.3. The van der Waals surface area contributed by atoms with E-state index in [1.165, 1.54) is 13.8 Å². The Hall–Kier alpha value is -1.98. The van der Waals surface area contributed by atoms with Crippen LogP contribution in [0, 0.1) is 5.41 Å². The van der Waals surface area contributed by atoms with E-state index in [0.29, 0.717) is 6.42 Å². The number of nitrogens with one attached hydrogen (secondary N) is 1. The summed E-state index contributed by atoms with van der Waals surface area (Å²) in [7, 11) is 0. The highest BCUT2D eigenvalue weighted by Crippen LogP contribution is 2.36. The molecule has 6 heteroatoms. The van der Waals surface area contributed by atoms with Crippen LogP contribution in [-0.4, -0.2) is 24.3 Å². The normalized spacial score (nSPS) is 14.8. The number of ketones is 1. The topological polar surface area (TPSA) is 55.4 Å². The predicted octanol–water partition coefficient (Wildman–Crippen LogP) is 4.33. The monoisotopic (exact) mass is 341 g/mol. The number of benzene rings is 1. The van der Waals surface area contributed by atoms with Crippen molar-refractivity contribution in [3.8, 4) is 0 Å². The fourth-order valence-electron chi connectivity index (χ4n) is 2.54. The second-order valence-electron chi connectivity index (χ2n) is 6.28. The first kappa shape index (κ1) is 20.1. The number of alkyl carbamates (subject to hydrolysis) is 1. The third kappa shape index (κ3) is 6.26. The summed E-state index contributed by atoms with van der Waals surface area (Å²) in [6, 6.07) is 8.07. The molecule has 0 aliphatic heterocycles. The molecule has 24 heavy (non-hydrogen) atoms. The summed E-state index contributed by atoms with van der Waals surface area (Å²) in [4.78, 5) is 23.6. The van der Waals surface area contributed by atoms with Gasteiger partial charge in [-0.05, 0) is 25.3 Å². The van der Waals surface area contributed by atoms with Gasteiger partial charge in [-0.3, -0.25) is 4.79 Å². The summed E-state index contributed by atoms with van der Waals surface area (Å²) in [5, 5.41) is 2.41. The summed E-state index contributed by atoms with van der Waals surface area (Å²) in [5.41, 5.74) is -0.520. The second kappa shape index (κ2) is 9.35. The molecule has 0 bridgehead atoms. The molecular weight excluding hydrogens is 316 g/mol. The third-order valence-corrected chi connectivity index (χ3v) is 4.01. The summed E-state index contributed by atoms with van der Waals surface area (Å²) in [6.07, 6.45) is -2.62. The minimum Gasteiger partial charge on any atom is -0.445 e. The molecule has 4 nitrogen and oxygen atoms in total. The highest BCUT2D eigenvalue weighted by atomic mass is 19.3. The second-order valence-corrected chi connectivity index (χ2v) is 6.28. The maximum Gasteiger partial charge on any atom is 0.408 e. The van der Waals surface area contributed by atoms with Crippen LogP contribution in [0.5, 0.6) is 0 Å². The Morgan fingerprint density at radius 1 is 1.25 bits per heavy atom. The van der Waals surface area contributed by atoms with E-state index in [1.807, 2.05) is 25.1 Å². The van der Waals surface area contributed by atoms with Crippen LogP contribution in [0.25, 0.3) is 0 Å². The van der Waals surface area contributed by atoms with Crippen molar-refractivity contribution in [2.24, 2.45) is 5.41 Å². The molecule has 0 aliphatic rings. The molecule has 0 aromatic heterocycles. The largest absolute Gasteiger partial charge is 0.445 e. The molecule has 0 spiro atoms. The van der Waals surface area contributed by atoms with Crippen molar-refractivity contribution in [2.75, 3.05) is 0 Å². The van der Waals surface area contributed by atoms with Crippen LogP contribution in [0.4, 0.5) is 13.6 Å². The van der Waals surface area contributed by atoms with Gasteiger partial charge in [0.1, 0.15) is 6.61 Å². The van der Waals surface area contributed by atoms with Gasteiger partial charge in [-0.2, -0.15) is 0 Å². The highest BCUT2D eigenvalue weighted by molar-refractivity contribution is 5.85. The van der Waals surface area contributed by atoms with E-state index < -0.39 is 24.0 Å². The molecule has 0 fully saturated rings. The van der Waals surface area contributed by atoms with E-state index in [0.717, 1.165) is 5.56 Å². The number of carbonyl (C=O) groups excluding carboxylic acids is 2. The van der Waals surface area contributed by atoms with Crippen LogP contribution in [-0.2, 0) is 16.1 Å². The van der Waals surface area contributed by atoms with Gasteiger partial charge in [0.2, 0.25) is 6.43 Å². The van der Waals surface area contributed by atoms with Gasteiger partial charge in [0.25, 0.3) is 0 Å². The van der Waals surface area contributed by atoms with E-state index in [2.05, 4.69) is 5.32 Å². The summed E-state index contributed by atoms with van der Waals surface area (Å²) >= 11 is 0. The molecule has 0 radical (unpaired) electrons. The molecule has 1 aromatic rings. The molecular formula is C18H25F2NO3. The first-order valence-electron chi connectivity index (χ1n) is 8.04. The molecule has 1 aromatic carbocycles. The van der Waals surface area contributed by atoms with Gasteiger partial charge in [-0.25, -0.2) is 13.6 Å². The minimum absolute atomic E-state index is 0.0539. The summed E-state index contributed by atoms with van der Waals surface area (Å²) in [5.74, 6) is -0.366. The van der Waals surface area contributed by atoms with Crippen molar-refractivity contribution in [1.82, 2.24) is 5.32 Å². The van der Waals surface area contributed by atoms with Crippen molar-refractivity contribution in [3.05, 3.63) is 35.9 Å². The van der Waals surface area contributed by atoms with Gasteiger partial charge in [0.15, 0.2) is 5.78 Å². The zero-order valence-corrected chi connectivity index (χ0v) is 14.4. The number of Topliss-reactive ketones (excluding diaryl/α,β-unsaturated/α-hetero) is 1. The van der Waals surface area contributed by atoms with E-state index in [4.69, 9.17) is 4.74 Å². The lowest BCUT2D eigenvalue weighted by molar-refractivity contribution is -0.120. The summed E-state index contributed by atoms with van der Waals surface area (Å²) in [6.45, 7) is 4.58. The van der Waals surface area contributed by atoms with Gasteiger partial charge in [-0.15, -0.1) is 0 Å². The number of carbonyl (C=O) groups is 2. The number of amides is 1. The van der Waals surface area contributed by atoms with Crippen molar-refractivity contribution in [3.63, 3.8) is 0 Å². The SMILES string of the molecule is CCC[C@](C)(C[C@H](NC(=O)OCc1ccccc1)C(C)=O)C(F)F. The molecule has 1 amide bonds. The van der Waals surface area contributed by atoms with Gasteiger partial charge in [-0.1, -0.05) is 50.6 Å². The van der Waals surface area contributed by atoms with Gasteiger partial charge >= 0.3 is 6.09 Å². The molecule has 134 valence electrons. The van der Waals surface area contributed by atoms with Gasteiger partial charge in [0.05, 0.1) is 6.04 Å². The van der Waals surface area contributed by atoms with Crippen LogP contribution in [0.2, 0.25) is 0 Å². The number of hydrogen-bond donors (Lipinski definition) is 1. The Morgan fingerprint density at radius 3 is 2.38 bits per heavy atom. The van der Waals surface area contributed by atoms with Crippen molar-refractivity contribution in [1.29, 1.82) is 0 Å². The lowest BCUT2D eigenvalue weighted by Gasteiger charge is -2.31. The standard InChI is InChI=1S/C18H25F2NO3/c1-4-10-18(3,16(19)20)11-15(13(2)22)21-17(23)24-12-14-8-6-5-7-9-14/h5-9,15-16H,4,10-12H2,1-3H3,(H,21,23)/t15-,18+/m0/s1.